The van der Waals surface area contributed by atoms with Gasteiger partial charge in [0.05, 0.1) is 6.21 Å². The number of phenols is 1. The van der Waals surface area contributed by atoms with Gasteiger partial charge in [-0.1, -0.05) is 6.07 Å². The molecule has 1 heterocycles. The topological polar surface area (TPSA) is 97.0 Å². The fraction of sp³-hybridized carbons (Fsp3) is 0.200. The van der Waals surface area contributed by atoms with Crippen molar-refractivity contribution in [1.29, 1.82) is 0 Å². The minimum absolute atomic E-state index is 0.107. The summed E-state index contributed by atoms with van der Waals surface area (Å²) >= 11 is 0. The molecule has 0 aromatic heterocycles. The van der Waals surface area contributed by atoms with Gasteiger partial charge in [-0.15, -0.1) is 0 Å². The Morgan fingerprint density at radius 2 is 2.12 bits per heavy atom. The number of aromatic hydroxyl groups is 1. The van der Waals surface area contributed by atoms with Gasteiger partial charge in [0.15, 0.2) is 17.9 Å². The molecular weight excluding hydrogens is 230 g/mol. The summed E-state index contributed by atoms with van der Waals surface area (Å²) in [5, 5.41) is 9.02. The first kappa shape index (κ1) is 11.5. The average molecular weight is 240 g/mol. The van der Waals surface area contributed by atoms with E-state index in [9.17, 15) is 8.78 Å². The molecule has 5 N–H and O–H groups in total. The van der Waals surface area contributed by atoms with E-state index in [1.165, 1.54) is 6.07 Å². The standard InChI is InChI=1S/C10H10F2N4O/c11-6-3-5(1-2-7(6)17)10(12)4-15-9(14)16-8(10)13/h1-4,9,17H,14H2,(H2,13,16). The first-order valence-electron chi connectivity index (χ1n) is 4.75. The molecule has 1 aliphatic heterocycles. The summed E-state index contributed by atoms with van der Waals surface area (Å²) in [6.45, 7) is 0. The van der Waals surface area contributed by atoms with Crippen LogP contribution in [0.25, 0.3) is 0 Å². The number of aliphatic imine (C=N–C) groups is 2. The van der Waals surface area contributed by atoms with Crippen LogP contribution in [0.15, 0.2) is 28.2 Å². The van der Waals surface area contributed by atoms with Crippen molar-refractivity contribution in [2.24, 2.45) is 21.5 Å². The van der Waals surface area contributed by atoms with E-state index in [0.29, 0.717) is 0 Å². The van der Waals surface area contributed by atoms with Gasteiger partial charge in [0.2, 0.25) is 5.67 Å². The molecule has 2 unspecified atom stereocenters. The van der Waals surface area contributed by atoms with E-state index in [4.69, 9.17) is 16.6 Å². The van der Waals surface area contributed by atoms with Gasteiger partial charge in [0, 0.05) is 5.56 Å². The molecule has 0 radical (unpaired) electrons. The van der Waals surface area contributed by atoms with Crippen molar-refractivity contribution in [3.63, 3.8) is 0 Å². The van der Waals surface area contributed by atoms with Crippen molar-refractivity contribution in [3.05, 3.63) is 29.6 Å². The zero-order valence-corrected chi connectivity index (χ0v) is 8.64. The Morgan fingerprint density at radius 1 is 1.41 bits per heavy atom. The quantitative estimate of drug-likeness (QED) is 0.662. The van der Waals surface area contributed by atoms with Crippen molar-refractivity contribution in [3.8, 4) is 5.75 Å². The monoisotopic (exact) mass is 240 g/mol. The third-order valence-corrected chi connectivity index (χ3v) is 2.42. The molecule has 0 saturated heterocycles. The molecule has 1 aliphatic rings. The molecule has 1 aromatic rings. The van der Waals surface area contributed by atoms with Crippen LogP contribution in [0.2, 0.25) is 0 Å². The second kappa shape index (κ2) is 3.77. The second-order valence-corrected chi connectivity index (χ2v) is 3.58. The molecule has 0 saturated carbocycles. The van der Waals surface area contributed by atoms with Gasteiger partial charge >= 0.3 is 0 Å². The highest BCUT2D eigenvalue weighted by atomic mass is 19.1. The van der Waals surface area contributed by atoms with Gasteiger partial charge in [-0.05, 0) is 12.1 Å². The van der Waals surface area contributed by atoms with Crippen LogP contribution < -0.4 is 11.5 Å². The third kappa shape index (κ3) is 1.84. The molecule has 2 atom stereocenters. The lowest BCUT2D eigenvalue weighted by molar-refractivity contribution is 0.353. The molecule has 0 fully saturated rings. The maximum absolute atomic E-state index is 14.5. The predicted molar refractivity (Wildman–Crippen MR) is 58.9 cm³/mol. The molecular formula is C10H10F2N4O. The summed E-state index contributed by atoms with van der Waals surface area (Å²) < 4.78 is 27.6. The van der Waals surface area contributed by atoms with Crippen LogP contribution in [0.3, 0.4) is 0 Å². The maximum Gasteiger partial charge on any atom is 0.227 e. The summed E-state index contributed by atoms with van der Waals surface area (Å²) in [4.78, 5) is 7.17. The first-order chi connectivity index (χ1) is 7.93. The van der Waals surface area contributed by atoms with Gasteiger partial charge in [-0.2, -0.15) is 0 Å². The van der Waals surface area contributed by atoms with Gasteiger partial charge in [0.1, 0.15) is 5.84 Å². The van der Waals surface area contributed by atoms with Crippen LogP contribution in [0, 0.1) is 5.82 Å². The minimum Gasteiger partial charge on any atom is -0.505 e. The molecule has 2 rings (SSSR count). The highest BCUT2D eigenvalue weighted by molar-refractivity contribution is 6.06. The van der Waals surface area contributed by atoms with Gasteiger partial charge in [0.25, 0.3) is 0 Å². The fourth-order valence-corrected chi connectivity index (χ4v) is 1.47. The van der Waals surface area contributed by atoms with Crippen molar-refractivity contribution in [2.75, 3.05) is 0 Å². The third-order valence-electron chi connectivity index (χ3n) is 2.42. The van der Waals surface area contributed by atoms with E-state index < -0.39 is 29.4 Å². The number of amidine groups is 1. The zero-order chi connectivity index (χ0) is 12.6. The number of nitrogens with zero attached hydrogens (tertiary/aromatic N) is 2. The number of halogens is 2. The van der Waals surface area contributed by atoms with Crippen molar-refractivity contribution < 1.29 is 13.9 Å². The van der Waals surface area contributed by atoms with E-state index in [1.54, 1.807) is 0 Å². The molecule has 0 spiro atoms. The Bertz CT molecular complexity index is 517. The van der Waals surface area contributed by atoms with Crippen LogP contribution in [0.4, 0.5) is 8.78 Å². The average Bonchev–Trinajstić information content (AvgIpc) is 2.28. The lowest BCUT2D eigenvalue weighted by Gasteiger charge is -2.25. The Kier molecular flexibility index (Phi) is 2.55. The van der Waals surface area contributed by atoms with Crippen LogP contribution in [0.5, 0.6) is 5.75 Å². The number of alkyl halides is 1. The number of phenolic OH excluding ortho intramolecular Hbond substituents is 1. The minimum atomic E-state index is -2.30. The van der Waals surface area contributed by atoms with E-state index in [2.05, 4.69) is 9.98 Å². The molecule has 7 heteroatoms. The van der Waals surface area contributed by atoms with Crippen molar-refractivity contribution >= 4 is 12.1 Å². The first-order valence-corrected chi connectivity index (χ1v) is 4.75. The van der Waals surface area contributed by atoms with Gasteiger partial charge in [-0.25, -0.2) is 13.8 Å². The van der Waals surface area contributed by atoms with E-state index in [-0.39, 0.29) is 5.56 Å². The molecule has 90 valence electrons. The second-order valence-electron chi connectivity index (χ2n) is 3.58. The Balaban J connectivity index is 2.48. The summed E-state index contributed by atoms with van der Waals surface area (Å²) in [5.74, 6) is -1.92. The number of rotatable bonds is 1. The van der Waals surface area contributed by atoms with E-state index >= 15 is 0 Å². The SMILES string of the molecule is NC1=NC(N)N=CC1(F)c1ccc(O)c(F)c1. The summed E-state index contributed by atoms with van der Waals surface area (Å²) in [7, 11) is 0. The van der Waals surface area contributed by atoms with Gasteiger partial charge in [-0.3, -0.25) is 10.7 Å². The summed E-state index contributed by atoms with van der Waals surface area (Å²) in [5.41, 5.74) is 8.37. The van der Waals surface area contributed by atoms with Crippen molar-refractivity contribution in [2.45, 2.75) is 12.0 Å². The Hall–Kier alpha value is -2.02. The normalized spacial score (nSPS) is 27.9. The maximum atomic E-state index is 14.5. The molecule has 0 amide bonds. The van der Waals surface area contributed by atoms with Gasteiger partial charge < -0.3 is 10.8 Å². The fourth-order valence-electron chi connectivity index (χ4n) is 1.47. The molecule has 17 heavy (non-hydrogen) atoms. The summed E-state index contributed by atoms with van der Waals surface area (Å²) in [6.07, 6.45) is -0.0629. The van der Waals surface area contributed by atoms with E-state index in [0.717, 1.165) is 18.3 Å². The summed E-state index contributed by atoms with van der Waals surface area (Å²) in [6, 6.07) is 3.06. The van der Waals surface area contributed by atoms with Crippen LogP contribution in [-0.2, 0) is 5.67 Å². The predicted octanol–water partition coefficient (Wildman–Crippen LogP) is 0.380. The lowest BCUT2D eigenvalue weighted by atomic mass is 9.94. The lowest BCUT2D eigenvalue weighted by Crippen LogP contribution is -2.44. The Labute approximate surface area is 95.5 Å². The van der Waals surface area contributed by atoms with Crippen LogP contribution in [-0.4, -0.2) is 23.4 Å². The smallest absolute Gasteiger partial charge is 0.227 e. The molecule has 0 bridgehead atoms. The molecule has 5 nitrogen and oxygen atoms in total. The molecule has 0 aliphatic carbocycles. The van der Waals surface area contributed by atoms with E-state index in [1.807, 2.05) is 0 Å². The highest BCUT2D eigenvalue weighted by Gasteiger charge is 2.38. The largest absolute Gasteiger partial charge is 0.505 e. The Morgan fingerprint density at radius 3 is 2.71 bits per heavy atom. The van der Waals surface area contributed by atoms with Crippen molar-refractivity contribution in [1.82, 2.24) is 0 Å². The van der Waals surface area contributed by atoms with Crippen LogP contribution >= 0.6 is 0 Å². The van der Waals surface area contributed by atoms with Crippen LogP contribution in [0.1, 0.15) is 5.56 Å². The number of benzene rings is 1. The number of nitrogens with two attached hydrogens (primary N) is 2. The highest BCUT2D eigenvalue weighted by Crippen LogP contribution is 2.29. The number of hydrogen-bond donors (Lipinski definition) is 3. The zero-order valence-electron chi connectivity index (χ0n) is 8.64. The number of hydrogen-bond acceptors (Lipinski definition) is 5. The molecule has 1 aromatic carbocycles.